The first-order valence-corrected chi connectivity index (χ1v) is 7.78. The topological polar surface area (TPSA) is 61.0 Å². The average Bonchev–Trinajstić information content (AvgIpc) is 3.21. The minimum absolute atomic E-state index is 0.347. The summed E-state index contributed by atoms with van der Waals surface area (Å²) in [6, 6.07) is 0.494. The molecule has 3 rings (SSSR count). The number of hydrogen-bond acceptors (Lipinski definition) is 3. The Morgan fingerprint density at radius 2 is 2.35 bits per heavy atom. The Balaban J connectivity index is 1.52. The minimum Gasteiger partial charge on any atom is -0.348 e. The highest BCUT2D eigenvalue weighted by atomic mass is 16.2. The molecule has 1 amide bonds. The number of carbonyl (C=O) groups excluding carboxylic acids is 1. The summed E-state index contributed by atoms with van der Waals surface area (Å²) in [6.07, 6.45) is 8.01. The van der Waals surface area contributed by atoms with Crippen molar-refractivity contribution in [1.82, 2.24) is 20.2 Å². The highest BCUT2D eigenvalue weighted by Gasteiger charge is 2.37. The van der Waals surface area contributed by atoms with Crippen LogP contribution < -0.4 is 5.32 Å². The molecular weight excluding hydrogens is 252 g/mol. The lowest BCUT2D eigenvalue weighted by Crippen LogP contribution is -2.51. The van der Waals surface area contributed by atoms with E-state index in [4.69, 9.17) is 0 Å². The van der Waals surface area contributed by atoms with Crippen LogP contribution in [0.25, 0.3) is 0 Å². The van der Waals surface area contributed by atoms with Crippen LogP contribution in [0.1, 0.15) is 38.4 Å². The fourth-order valence-electron chi connectivity index (χ4n) is 3.13. The maximum absolute atomic E-state index is 12.2. The molecule has 2 N–H and O–H groups in total. The zero-order valence-electron chi connectivity index (χ0n) is 12.1. The molecule has 110 valence electrons. The van der Waals surface area contributed by atoms with Gasteiger partial charge in [-0.15, -0.1) is 0 Å². The van der Waals surface area contributed by atoms with Gasteiger partial charge in [-0.3, -0.25) is 4.79 Å². The smallest absolute Gasteiger partial charge is 0.225 e. The molecule has 0 unspecified atom stereocenters. The van der Waals surface area contributed by atoms with E-state index in [9.17, 15) is 4.79 Å². The number of imidazole rings is 1. The zero-order valence-corrected chi connectivity index (χ0v) is 12.1. The number of likely N-dealkylation sites (tertiary alicyclic amines) is 1. The fraction of sp³-hybridized carbons (Fsp3) is 0.733. The molecule has 1 aromatic heterocycles. The van der Waals surface area contributed by atoms with E-state index in [1.165, 1.54) is 0 Å². The third-order valence-electron chi connectivity index (χ3n) is 4.58. The lowest BCUT2D eigenvalue weighted by molar-refractivity contribution is -0.134. The van der Waals surface area contributed by atoms with Gasteiger partial charge >= 0.3 is 0 Å². The molecule has 0 radical (unpaired) electrons. The molecule has 2 fully saturated rings. The number of nitrogens with one attached hydrogen (secondary N) is 2. The van der Waals surface area contributed by atoms with Crippen LogP contribution in [0, 0.1) is 11.8 Å². The van der Waals surface area contributed by atoms with Gasteiger partial charge in [0.15, 0.2) is 0 Å². The first-order valence-electron chi connectivity index (χ1n) is 7.78. The van der Waals surface area contributed by atoms with Crippen LogP contribution in [-0.2, 0) is 11.3 Å². The molecule has 1 aliphatic heterocycles. The van der Waals surface area contributed by atoms with E-state index in [-0.39, 0.29) is 0 Å². The molecule has 0 spiro atoms. The molecule has 1 saturated carbocycles. The van der Waals surface area contributed by atoms with Gasteiger partial charge in [-0.2, -0.15) is 0 Å². The number of hydrogen-bond donors (Lipinski definition) is 2. The number of carbonyl (C=O) groups is 1. The van der Waals surface area contributed by atoms with Gasteiger partial charge in [0.25, 0.3) is 0 Å². The largest absolute Gasteiger partial charge is 0.348 e. The van der Waals surface area contributed by atoms with Crippen molar-refractivity contribution in [1.29, 1.82) is 0 Å². The second-order valence-corrected chi connectivity index (χ2v) is 6.04. The lowest BCUT2D eigenvalue weighted by Gasteiger charge is -2.39. The van der Waals surface area contributed by atoms with E-state index in [0.717, 1.165) is 51.1 Å². The van der Waals surface area contributed by atoms with Crippen LogP contribution in [0.3, 0.4) is 0 Å². The summed E-state index contributed by atoms with van der Waals surface area (Å²) in [5.41, 5.74) is 0. The monoisotopic (exact) mass is 276 g/mol. The standard InChI is InChI=1S/C15H24N4O/c1-2-11-10-19(15(20)12-3-4-12)8-5-13(11)18-9-14-16-6-7-17-14/h6-7,11-13,18H,2-5,8-10H2,1H3,(H,16,17)/t11-,13+/m1/s1. The third-order valence-corrected chi connectivity index (χ3v) is 4.58. The predicted octanol–water partition coefficient (Wildman–Crippen LogP) is 1.54. The molecule has 1 aromatic rings. The van der Waals surface area contributed by atoms with Crippen molar-refractivity contribution in [3.63, 3.8) is 0 Å². The Labute approximate surface area is 120 Å². The molecule has 2 aliphatic rings. The van der Waals surface area contributed by atoms with Gasteiger partial charge in [0, 0.05) is 37.4 Å². The van der Waals surface area contributed by atoms with Crippen molar-refractivity contribution in [3.8, 4) is 0 Å². The SMILES string of the molecule is CC[C@@H]1CN(C(=O)C2CC2)CC[C@@H]1NCc1ncc[nH]1. The summed E-state index contributed by atoms with van der Waals surface area (Å²) >= 11 is 0. The summed E-state index contributed by atoms with van der Waals surface area (Å²) in [6.45, 7) is 4.82. The van der Waals surface area contributed by atoms with E-state index in [1.54, 1.807) is 6.20 Å². The molecular formula is C15H24N4O. The van der Waals surface area contributed by atoms with E-state index in [1.807, 2.05) is 6.20 Å². The summed E-state index contributed by atoms with van der Waals surface area (Å²) in [4.78, 5) is 21.6. The molecule has 0 bridgehead atoms. The molecule has 5 nitrogen and oxygen atoms in total. The second-order valence-electron chi connectivity index (χ2n) is 6.04. The van der Waals surface area contributed by atoms with Gasteiger partial charge in [0.2, 0.25) is 5.91 Å². The number of nitrogens with zero attached hydrogens (tertiary/aromatic N) is 2. The summed E-state index contributed by atoms with van der Waals surface area (Å²) in [5.74, 6) is 2.28. The lowest BCUT2D eigenvalue weighted by atomic mass is 9.89. The Hall–Kier alpha value is -1.36. The summed E-state index contributed by atoms with van der Waals surface area (Å²) in [7, 11) is 0. The number of aromatic amines is 1. The Bertz CT molecular complexity index is 441. The van der Waals surface area contributed by atoms with Crippen LogP contribution in [0.4, 0.5) is 0 Å². The molecule has 1 aliphatic carbocycles. The molecule has 20 heavy (non-hydrogen) atoms. The highest BCUT2D eigenvalue weighted by Crippen LogP contribution is 2.33. The zero-order chi connectivity index (χ0) is 13.9. The molecule has 0 aromatic carbocycles. The summed E-state index contributed by atoms with van der Waals surface area (Å²) < 4.78 is 0. The van der Waals surface area contributed by atoms with Crippen molar-refractivity contribution in [2.24, 2.45) is 11.8 Å². The molecule has 1 saturated heterocycles. The Morgan fingerprint density at radius 3 is 3.00 bits per heavy atom. The van der Waals surface area contributed by atoms with E-state index < -0.39 is 0 Å². The van der Waals surface area contributed by atoms with E-state index in [2.05, 4.69) is 27.1 Å². The summed E-state index contributed by atoms with van der Waals surface area (Å²) in [5, 5.41) is 3.60. The number of amides is 1. The third kappa shape index (κ3) is 3.03. The normalized spacial score (nSPS) is 26.8. The number of H-pyrrole nitrogens is 1. The van der Waals surface area contributed by atoms with E-state index in [0.29, 0.717) is 23.8 Å². The quantitative estimate of drug-likeness (QED) is 0.857. The fourth-order valence-corrected chi connectivity index (χ4v) is 3.13. The molecule has 5 heteroatoms. The first kappa shape index (κ1) is 13.6. The van der Waals surface area contributed by atoms with Crippen molar-refractivity contribution in [2.45, 2.75) is 45.2 Å². The van der Waals surface area contributed by atoms with Gasteiger partial charge in [-0.05, 0) is 25.2 Å². The minimum atomic E-state index is 0.347. The predicted molar refractivity (Wildman–Crippen MR) is 76.9 cm³/mol. The van der Waals surface area contributed by atoms with Gasteiger partial charge in [-0.25, -0.2) is 4.98 Å². The average molecular weight is 276 g/mol. The Kier molecular flexibility index (Phi) is 4.05. The number of rotatable bonds is 5. The van der Waals surface area contributed by atoms with Crippen LogP contribution in [0.5, 0.6) is 0 Å². The van der Waals surface area contributed by atoms with Gasteiger partial charge < -0.3 is 15.2 Å². The first-order chi connectivity index (χ1) is 9.78. The highest BCUT2D eigenvalue weighted by molar-refractivity contribution is 5.81. The van der Waals surface area contributed by atoms with Crippen LogP contribution >= 0.6 is 0 Å². The molecule has 2 atom stereocenters. The second kappa shape index (κ2) is 5.95. The number of piperidine rings is 1. The van der Waals surface area contributed by atoms with E-state index >= 15 is 0 Å². The van der Waals surface area contributed by atoms with Crippen LogP contribution in [-0.4, -0.2) is 39.9 Å². The van der Waals surface area contributed by atoms with Gasteiger partial charge in [0.05, 0.1) is 6.54 Å². The van der Waals surface area contributed by atoms with Gasteiger partial charge in [0.1, 0.15) is 5.82 Å². The van der Waals surface area contributed by atoms with Crippen LogP contribution in [0.15, 0.2) is 12.4 Å². The van der Waals surface area contributed by atoms with Crippen molar-refractivity contribution >= 4 is 5.91 Å². The maximum atomic E-state index is 12.2. The number of aromatic nitrogens is 2. The van der Waals surface area contributed by atoms with Crippen LogP contribution in [0.2, 0.25) is 0 Å². The Morgan fingerprint density at radius 1 is 1.50 bits per heavy atom. The molecule has 2 heterocycles. The van der Waals surface area contributed by atoms with Crippen molar-refractivity contribution in [3.05, 3.63) is 18.2 Å². The van der Waals surface area contributed by atoms with Gasteiger partial charge in [-0.1, -0.05) is 13.3 Å². The van der Waals surface area contributed by atoms with Crippen molar-refractivity contribution in [2.75, 3.05) is 13.1 Å². The van der Waals surface area contributed by atoms with Crippen molar-refractivity contribution < 1.29 is 4.79 Å². The maximum Gasteiger partial charge on any atom is 0.225 e.